The summed E-state index contributed by atoms with van der Waals surface area (Å²) >= 11 is 0. The lowest BCUT2D eigenvalue weighted by atomic mass is 10.0. The van der Waals surface area contributed by atoms with Crippen LogP contribution in [0.15, 0.2) is 53.3 Å². The number of phenolic OH excluding ortho intramolecular Hbond substituents is 1. The van der Waals surface area contributed by atoms with Crippen molar-refractivity contribution in [2.75, 3.05) is 32.7 Å². The van der Waals surface area contributed by atoms with E-state index in [1.54, 1.807) is 24.3 Å². The number of halogens is 1. The molecule has 1 aromatic heterocycles. The van der Waals surface area contributed by atoms with Crippen molar-refractivity contribution in [3.63, 3.8) is 0 Å². The zero-order valence-electron chi connectivity index (χ0n) is 22.7. The zero-order chi connectivity index (χ0) is 27.5. The number of rotatable bonds is 13. The van der Waals surface area contributed by atoms with Crippen LogP contribution in [0, 0.1) is 5.82 Å². The number of phenols is 1. The largest absolute Gasteiger partial charge is 0.506 e. The van der Waals surface area contributed by atoms with E-state index in [0.717, 1.165) is 55.3 Å². The van der Waals surface area contributed by atoms with E-state index in [4.69, 9.17) is 0 Å². The molecule has 0 atom stereocenters. The predicted molar refractivity (Wildman–Crippen MR) is 154 cm³/mol. The lowest BCUT2D eigenvalue weighted by Gasteiger charge is -2.32. The number of aromatic amines is 1. The van der Waals surface area contributed by atoms with Crippen LogP contribution < -0.4 is 16.2 Å². The first-order valence-electron chi connectivity index (χ1n) is 14.3. The number of pyridine rings is 1. The highest BCUT2D eigenvalue weighted by atomic mass is 19.1. The third-order valence-electron chi connectivity index (χ3n) is 7.67. The van der Waals surface area contributed by atoms with Crippen LogP contribution in [-0.2, 0) is 17.6 Å². The van der Waals surface area contributed by atoms with E-state index >= 15 is 0 Å². The Morgan fingerprint density at radius 3 is 2.38 bits per heavy atom. The molecule has 1 aliphatic rings. The molecule has 210 valence electrons. The Hall–Kier alpha value is -3.23. The molecule has 0 bridgehead atoms. The number of hydrogen-bond acceptors (Lipinski definition) is 5. The monoisotopic (exact) mass is 536 g/mol. The summed E-state index contributed by atoms with van der Waals surface area (Å²) < 4.78 is 13.1. The van der Waals surface area contributed by atoms with Crippen LogP contribution in [0.25, 0.3) is 10.9 Å². The van der Waals surface area contributed by atoms with Gasteiger partial charge in [0.1, 0.15) is 11.6 Å². The highest BCUT2D eigenvalue weighted by Gasteiger charge is 2.24. The highest BCUT2D eigenvalue weighted by Crippen LogP contribution is 2.25. The Balaban J connectivity index is 1.24. The van der Waals surface area contributed by atoms with Crippen LogP contribution in [-0.4, -0.2) is 59.7 Å². The van der Waals surface area contributed by atoms with E-state index in [0.29, 0.717) is 37.6 Å². The molecule has 0 spiro atoms. The third kappa shape index (κ3) is 8.63. The summed E-state index contributed by atoms with van der Waals surface area (Å²) in [6.45, 7) is 3.52. The standard InChI is InChI=1S/C31H41FN4O3/c32-25-10-7-23(8-11-25)15-18-33-20-17-30(39)36(26-5-3-1-2-4-6-26)22-21-34-19-16-24-9-13-28(37)31-27(24)12-14-29(38)35-31/h7-14,26,33-34,37H,1-6,15-22H2,(H,35,38). The number of benzene rings is 2. The summed E-state index contributed by atoms with van der Waals surface area (Å²) in [5, 5.41) is 17.8. The van der Waals surface area contributed by atoms with Gasteiger partial charge in [-0.15, -0.1) is 0 Å². The average Bonchev–Trinajstić information content (AvgIpc) is 3.22. The second-order valence-electron chi connectivity index (χ2n) is 10.5. The fraction of sp³-hybridized carbons (Fsp3) is 0.484. The molecular weight excluding hydrogens is 495 g/mol. The first kappa shape index (κ1) is 28.8. The van der Waals surface area contributed by atoms with E-state index < -0.39 is 0 Å². The lowest BCUT2D eigenvalue weighted by molar-refractivity contribution is -0.133. The van der Waals surface area contributed by atoms with Gasteiger partial charge in [0, 0.05) is 43.5 Å². The van der Waals surface area contributed by atoms with Crippen LogP contribution in [0.4, 0.5) is 4.39 Å². The molecule has 1 heterocycles. The van der Waals surface area contributed by atoms with Gasteiger partial charge in [0.15, 0.2) is 0 Å². The molecule has 2 aromatic carbocycles. The average molecular weight is 537 g/mol. The summed E-state index contributed by atoms with van der Waals surface area (Å²) in [5.41, 5.74) is 2.36. The summed E-state index contributed by atoms with van der Waals surface area (Å²) in [7, 11) is 0. The Bertz CT molecular complexity index is 1250. The molecule has 0 aliphatic heterocycles. The molecular formula is C31H41FN4O3. The Labute approximate surface area is 229 Å². The van der Waals surface area contributed by atoms with Crippen molar-refractivity contribution in [3.05, 3.63) is 75.8 Å². The van der Waals surface area contributed by atoms with Crippen molar-refractivity contribution in [1.29, 1.82) is 0 Å². The molecule has 0 saturated heterocycles. The van der Waals surface area contributed by atoms with Crippen LogP contribution in [0.2, 0.25) is 0 Å². The number of nitrogens with one attached hydrogen (secondary N) is 3. The number of aromatic nitrogens is 1. The van der Waals surface area contributed by atoms with Gasteiger partial charge in [-0.1, -0.05) is 43.9 Å². The number of carbonyl (C=O) groups excluding carboxylic acids is 1. The number of amides is 1. The SMILES string of the molecule is O=C(CCNCCc1ccc(F)cc1)N(CCNCCc1ccc(O)c2[nH]c(=O)ccc12)C1CCCCCC1. The smallest absolute Gasteiger partial charge is 0.248 e. The highest BCUT2D eigenvalue weighted by molar-refractivity contribution is 5.87. The van der Waals surface area contributed by atoms with Gasteiger partial charge in [0.05, 0.1) is 5.52 Å². The second kappa shape index (κ2) is 14.8. The van der Waals surface area contributed by atoms with Crippen LogP contribution in [0.5, 0.6) is 5.75 Å². The normalized spacial score (nSPS) is 14.4. The summed E-state index contributed by atoms with van der Waals surface area (Å²) in [5.74, 6) is 0.0465. The third-order valence-corrected chi connectivity index (χ3v) is 7.67. The van der Waals surface area contributed by atoms with Gasteiger partial charge < -0.3 is 25.6 Å². The number of nitrogens with zero attached hydrogens (tertiary/aromatic N) is 1. The maximum Gasteiger partial charge on any atom is 0.248 e. The number of H-pyrrole nitrogens is 1. The molecule has 0 unspecified atom stereocenters. The minimum atomic E-state index is -0.237. The fourth-order valence-electron chi connectivity index (χ4n) is 5.49. The Morgan fingerprint density at radius 1 is 0.897 bits per heavy atom. The first-order valence-corrected chi connectivity index (χ1v) is 14.3. The molecule has 4 N–H and O–H groups in total. The van der Waals surface area contributed by atoms with Crippen molar-refractivity contribution < 1.29 is 14.3 Å². The number of aromatic hydroxyl groups is 1. The minimum Gasteiger partial charge on any atom is -0.506 e. The number of fused-ring (bicyclic) bond motifs is 1. The van der Waals surface area contributed by atoms with Crippen LogP contribution >= 0.6 is 0 Å². The number of hydrogen-bond donors (Lipinski definition) is 4. The molecule has 3 aromatic rings. The molecule has 1 fully saturated rings. The van der Waals surface area contributed by atoms with Crippen LogP contribution in [0.3, 0.4) is 0 Å². The quantitative estimate of drug-likeness (QED) is 0.193. The van der Waals surface area contributed by atoms with Gasteiger partial charge in [0.25, 0.3) is 0 Å². The second-order valence-corrected chi connectivity index (χ2v) is 10.5. The van der Waals surface area contributed by atoms with Crippen molar-refractivity contribution in [3.8, 4) is 5.75 Å². The van der Waals surface area contributed by atoms with Gasteiger partial charge in [-0.25, -0.2) is 4.39 Å². The molecule has 8 heteroatoms. The molecule has 39 heavy (non-hydrogen) atoms. The maximum atomic E-state index is 13.3. The van der Waals surface area contributed by atoms with Gasteiger partial charge in [-0.05, 0) is 74.2 Å². The Morgan fingerprint density at radius 2 is 1.62 bits per heavy atom. The van der Waals surface area contributed by atoms with Crippen molar-refractivity contribution in [1.82, 2.24) is 20.5 Å². The Kier molecular flexibility index (Phi) is 10.9. The van der Waals surface area contributed by atoms with E-state index in [9.17, 15) is 19.1 Å². The number of carbonyl (C=O) groups is 1. The minimum absolute atomic E-state index is 0.0712. The van der Waals surface area contributed by atoms with Gasteiger partial charge in [0.2, 0.25) is 11.5 Å². The molecule has 1 amide bonds. The fourth-order valence-corrected chi connectivity index (χ4v) is 5.49. The zero-order valence-corrected chi connectivity index (χ0v) is 22.7. The summed E-state index contributed by atoms with van der Waals surface area (Å²) in [6, 6.07) is 13.6. The van der Waals surface area contributed by atoms with Gasteiger partial charge >= 0.3 is 0 Å². The van der Waals surface area contributed by atoms with Gasteiger partial charge in [-0.2, -0.15) is 0 Å². The summed E-state index contributed by atoms with van der Waals surface area (Å²) in [6.07, 6.45) is 9.00. The molecule has 0 radical (unpaired) electrons. The van der Waals surface area contributed by atoms with E-state index in [1.807, 2.05) is 6.07 Å². The topological polar surface area (TPSA) is 97.5 Å². The maximum absolute atomic E-state index is 13.3. The lowest BCUT2D eigenvalue weighted by Crippen LogP contribution is -2.45. The molecule has 1 saturated carbocycles. The van der Waals surface area contributed by atoms with Crippen molar-refractivity contribution in [2.45, 2.75) is 63.8 Å². The molecule has 4 rings (SSSR count). The molecule has 7 nitrogen and oxygen atoms in total. The summed E-state index contributed by atoms with van der Waals surface area (Å²) in [4.78, 5) is 29.8. The van der Waals surface area contributed by atoms with E-state index in [-0.39, 0.29) is 23.0 Å². The van der Waals surface area contributed by atoms with E-state index in [2.05, 4.69) is 20.5 Å². The predicted octanol–water partition coefficient (Wildman–Crippen LogP) is 4.28. The first-order chi connectivity index (χ1) is 19.0. The van der Waals surface area contributed by atoms with Gasteiger partial charge in [-0.3, -0.25) is 9.59 Å². The van der Waals surface area contributed by atoms with Crippen molar-refractivity contribution >= 4 is 16.8 Å². The van der Waals surface area contributed by atoms with Crippen molar-refractivity contribution in [2.24, 2.45) is 0 Å². The van der Waals surface area contributed by atoms with E-state index in [1.165, 1.54) is 43.9 Å². The molecule has 1 aliphatic carbocycles. The van der Waals surface area contributed by atoms with Crippen LogP contribution in [0.1, 0.15) is 56.1 Å².